The summed E-state index contributed by atoms with van der Waals surface area (Å²) in [5, 5.41) is 6.99. The van der Waals surface area contributed by atoms with Gasteiger partial charge in [0.25, 0.3) is 0 Å². The van der Waals surface area contributed by atoms with E-state index in [1.54, 1.807) is 11.3 Å². The van der Waals surface area contributed by atoms with E-state index >= 15 is 0 Å². The molecule has 0 amide bonds. The molecular weight excluding hydrogens is 499 g/mol. The van der Waals surface area contributed by atoms with Crippen molar-refractivity contribution in [3.05, 3.63) is 20.8 Å². The summed E-state index contributed by atoms with van der Waals surface area (Å²) in [5.41, 5.74) is 0. The summed E-state index contributed by atoms with van der Waals surface area (Å²) in [6.45, 7) is 9.76. The number of thiophene rings is 1. The summed E-state index contributed by atoms with van der Waals surface area (Å²) in [7, 11) is 0. The van der Waals surface area contributed by atoms with Crippen molar-refractivity contribution >= 4 is 57.2 Å². The van der Waals surface area contributed by atoms with Crippen molar-refractivity contribution in [1.29, 1.82) is 0 Å². The molecule has 4 nitrogen and oxygen atoms in total. The third-order valence-corrected chi connectivity index (χ3v) is 5.75. The Morgan fingerprint density at radius 2 is 2.08 bits per heavy atom. The zero-order valence-electron chi connectivity index (χ0n) is 14.7. The smallest absolute Gasteiger partial charge is 0.191 e. The highest BCUT2D eigenvalue weighted by molar-refractivity contribution is 14.0. The molecule has 2 rings (SSSR count). The maximum absolute atomic E-state index is 4.74. The molecule has 0 saturated carbocycles. The first kappa shape index (κ1) is 22.2. The molecule has 138 valence electrons. The van der Waals surface area contributed by atoms with Gasteiger partial charge in [-0.05, 0) is 60.8 Å². The van der Waals surface area contributed by atoms with Crippen LogP contribution in [0.1, 0.15) is 38.0 Å². The number of aliphatic imine (C=N–C) groups is 1. The molecule has 1 aliphatic rings. The minimum atomic E-state index is 0. The second-order valence-electron chi connectivity index (χ2n) is 5.98. The topological polar surface area (TPSA) is 39.7 Å². The van der Waals surface area contributed by atoms with Crippen LogP contribution in [0.3, 0.4) is 0 Å². The van der Waals surface area contributed by atoms with E-state index in [9.17, 15) is 0 Å². The quantitative estimate of drug-likeness (QED) is 0.318. The molecule has 0 spiro atoms. The highest BCUT2D eigenvalue weighted by Crippen LogP contribution is 2.22. The van der Waals surface area contributed by atoms with E-state index in [-0.39, 0.29) is 24.0 Å². The van der Waals surface area contributed by atoms with Crippen LogP contribution in [-0.2, 0) is 6.42 Å². The zero-order chi connectivity index (χ0) is 16.5. The van der Waals surface area contributed by atoms with Gasteiger partial charge in [0.15, 0.2) is 5.96 Å². The van der Waals surface area contributed by atoms with Crippen LogP contribution < -0.4 is 10.6 Å². The van der Waals surface area contributed by atoms with E-state index in [1.807, 2.05) is 0 Å². The van der Waals surface area contributed by atoms with Gasteiger partial charge >= 0.3 is 0 Å². The number of hydrogen-bond donors (Lipinski definition) is 2. The summed E-state index contributed by atoms with van der Waals surface area (Å²) >= 11 is 5.31. The number of nitrogens with one attached hydrogen (secondary N) is 2. The summed E-state index contributed by atoms with van der Waals surface area (Å²) in [6.07, 6.45) is 4.67. The number of rotatable bonds is 7. The molecule has 0 radical (unpaired) electrons. The average Bonchev–Trinajstić information content (AvgIpc) is 2.95. The van der Waals surface area contributed by atoms with Crippen LogP contribution in [0.2, 0.25) is 0 Å². The third-order valence-electron chi connectivity index (χ3n) is 4.07. The molecule has 7 heteroatoms. The predicted molar refractivity (Wildman–Crippen MR) is 120 cm³/mol. The van der Waals surface area contributed by atoms with Crippen molar-refractivity contribution < 1.29 is 0 Å². The highest BCUT2D eigenvalue weighted by atomic mass is 127. The lowest BCUT2D eigenvalue weighted by Crippen LogP contribution is -2.48. The van der Waals surface area contributed by atoms with E-state index < -0.39 is 0 Å². The number of hydrogen-bond acceptors (Lipinski definition) is 3. The van der Waals surface area contributed by atoms with Crippen LogP contribution in [0.5, 0.6) is 0 Å². The zero-order valence-corrected chi connectivity index (χ0v) is 19.4. The molecule has 0 aliphatic carbocycles. The SMILES string of the molecule is CCCN1CCC(NC(=NCCc2ccc(Br)s2)NCC)CC1.I. The van der Waals surface area contributed by atoms with Crippen LogP contribution >= 0.6 is 51.2 Å². The number of nitrogens with zero attached hydrogens (tertiary/aromatic N) is 2. The van der Waals surface area contributed by atoms with Crippen molar-refractivity contribution in [1.82, 2.24) is 15.5 Å². The summed E-state index contributed by atoms with van der Waals surface area (Å²) < 4.78 is 1.19. The standard InChI is InChI=1S/C17H29BrN4S.HI/c1-3-11-22-12-8-14(9-13-22)21-17(19-4-2)20-10-7-15-5-6-16(18)23-15;/h5-6,14H,3-4,7-13H2,1-2H3,(H2,19,20,21);1H. The van der Waals surface area contributed by atoms with Gasteiger partial charge in [0.05, 0.1) is 3.79 Å². The van der Waals surface area contributed by atoms with Gasteiger partial charge in [0, 0.05) is 43.5 Å². The Hall–Kier alpha value is 0.140. The van der Waals surface area contributed by atoms with Crippen LogP contribution in [-0.4, -0.2) is 49.6 Å². The van der Waals surface area contributed by atoms with E-state index in [1.165, 1.54) is 47.6 Å². The highest BCUT2D eigenvalue weighted by Gasteiger charge is 2.19. The molecule has 0 atom stereocenters. The van der Waals surface area contributed by atoms with E-state index in [2.05, 4.69) is 57.4 Å². The van der Waals surface area contributed by atoms with Crippen molar-refractivity contribution in [2.75, 3.05) is 32.7 Å². The number of likely N-dealkylation sites (tertiary alicyclic amines) is 1. The number of guanidine groups is 1. The summed E-state index contributed by atoms with van der Waals surface area (Å²) in [5.74, 6) is 0.970. The van der Waals surface area contributed by atoms with Gasteiger partial charge in [-0.3, -0.25) is 4.99 Å². The molecule has 2 N–H and O–H groups in total. The van der Waals surface area contributed by atoms with E-state index in [0.717, 1.165) is 25.5 Å². The molecule has 1 aromatic rings. The summed E-state index contributed by atoms with van der Waals surface area (Å²) in [6, 6.07) is 4.84. The second-order valence-corrected chi connectivity index (χ2v) is 8.52. The maximum Gasteiger partial charge on any atom is 0.191 e. The average molecular weight is 529 g/mol. The Labute approximate surface area is 176 Å². The summed E-state index contributed by atoms with van der Waals surface area (Å²) in [4.78, 5) is 8.69. The van der Waals surface area contributed by atoms with Gasteiger partial charge in [-0.25, -0.2) is 0 Å². The molecule has 2 heterocycles. The lowest BCUT2D eigenvalue weighted by atomic mass is 10.1. The predicted octanol–water partition coefficient (Wildman–Crippen LogP) is 4.10. The van der Waals surface area contributed by atoms with Crippen molar-refractivity contribution in [2.24, 2.45) is 4.99 Å². The Kier molecular flexibility index (Phi) is 11.5. The monoisotopic (exact) mass is 528 g/mol. The van der Waals surface area contributed by atoms with Crippen molar-refractivity contribution in [2.45, 2.75) is 45.6 Å². The number of piperidine rings is 1. The normalized spacial score (nSPS) is 16.7. The van der Waals surface area contributed by atoms with Gasteiger partial charge in [-0.1, -0.05) is 6.92 Å². The molecule has 1 aromatic heterocycles. The van der Waals surface area contributed by atoms with Gasteiger partial charge in [0.2, 0.25) is 0 Å². The van der Waals surface area contributed by atoms with Gasteiger partial charge in [0.1, 0.15) is 0 Å². The first-order chi connectivity index (χ1) is 11.2. The fourth-order valence-electron chi connectivity index (χ4n) is 2.89. The van der Waals surface area contributed by atoms with Crippen LogP contribution in [0, 0.1) is 0 Å². The fraction of sp³-hybridized carbons (Fsp3) is 0.706. The Morgan fingerprint density at radius 3 is 2.67 bits per heavy atom. The molecule has 0 unspecified atom stereocenters. The van der Waals surface area contributed by atoms with Crippen molar-refractivity contribution in [3.63, 3.8) is 0 Å². The fourth-order valence-corrected chi connectivity index (χ4v) is 4.37. The van der Waals surface area contributed by atoms with Crippen LogP contribution in [0.4, 0.5) is 0 Å². The largest absolute Gasteiger partial charge is 0.357 e. The van der Waals surface area contributed by atoms with Crippen LogP contribution in [0.15, 0.2) is 20.9 Å². The number of halogens is 2. The minimum absolute atomic E-state index is 0. The third kappa shape index (κ3) is 8.01. The van der Waals surface area contributed by atoms with E-state index in [4.69, 9.17) is 4.99 Å². The second kappa shape index (κ2) is 12.5. The first-order valence-corrected chi connectivity index (χ1v) is 10.3. The molecule has 0 aromatic carbocycles. The molecule has 0 bridgehead atoms. The van der Waals surface area contributed by atoms with Crippen molar-refractivity contribution in [3.8, 4) is 0 Å². The molecular formula is C17H30BrIN4S. The van der Waals surface area contributed by atoms with Gasteiger partial charge < -0.3 is 15.5 Å². The molecule has 1 saturated heterocycles. The van der Waals surface area contributed by atoms with Gasteiger partial charge in [-0.2, -0.15) is 0 Å². The Balaban J connectivity index is 0.00000288. The Bertz CT molecular complexity index is 487. The first-order valence-electron chi connectivity index (χ1n) is 8.72. The van der Waals surface area contributed by atoms with E-state index in [0.29, 0.717) is 6.04 Å². The van der Waals surface area contributed by atoms with Gasteiger partial charge in [-0.15, -0.1) is 35.3 Å². The molecule has 1 aliphatic heterocycles. The molecule has 1 fully saturated rings. The molecule has 24 heavy (non-hydrogen) atoms. The van der Waals surface area contributed by atoms with Crippen LogP contribution in [0.25, 0.3) is 0 Å². The lowest BCUT2D eigenvalue weighted by Gasteiger charge is -2.32. The Morgan fingerprint density at radius 1 is 1.33 bits per heavy atom. The maximum atomic E-state index is 4.74. The minimum Gasteiger partial charge on any atom is -0.357 e. The lowest BCUT2D eigenvalue weighted by molar-refractivity contribution is 0.206.